The highest BCUT2D eigenvalue weighted by Crippen LogP contribution is 2.22. The van der Waals surface area contributed by atoms with Crippen LogP contribution in [-0.4, -0.2) is 25.3 Å². The third-order valence-corrected chi connectivity index (χ3v) is 3.09. The van der Waals surface area contributed by atoms with Gasteiger partial charge in [-0.2, -0.15) is 0 Å². The summed E-state index contributed by atoms with van der Waals surface area (Å²) in [6.45, 7) is 8.78. The van der Waals surface area contributed by atoms with Gasteiger partial charge in [-0.05, 0) is 32.1 Å². The summed E-state index contributed by atoms with van der Waals surface area (Å²) in [6, 6.07) is 0.651. The van der Waals surface area contributed by atoms with Crippen LogP contribution in [0.2, 0.25) is 0 Å². The van der Waals surface area contributed by atoms with E-state index in [0.29, 0.717) is 12.1 Å². The number of nitrogens with one attached hydrogen (secondary N) is 1. The van der Waals surface area contributed by atoms with E-state index in [-0.39, 0.29) is 0 Å². The maximum absolute atomic E-state index is 5.64. The predicted molar refractivity (Wildman–Crippen MR) is 55.9 cm³/mol. The lowest BCUT2D eigenvalue weighted by molar-refractivity contribution is 0.0867. The van der Waals surface area contributed by atoms with Crippen LogP contribution in [0.25, 0.3) is 0 Å². The topological polar surface area (TPSA) is 21.3 Å². The summed E-state index contributed by atoms with van der Waals surface area (Å²) >= 11 is 0. The Morgan fingerprint density at radius 3 is 2.85 bits per heavy atom. The van der Waals surface area contributed by atoms with Gasteiger partial charge in [-0.25, -0.2) is 0 Å². The third kappa shape index (κ3) is 3.28. The Kier molecular flexibility index (Phi) is 4.74. The molecule has 0 spiro atoms. The molecule has 0 amide bonds. The molecule has 2 nitrogen and oxygen atoms in total. The molecule has 2 heteroatoms. The number of hydrogen-bond acceptors (Lipinski definition) is 2. The van der Waals surface area contributed by atoms with Crippen LogP contribution < -0.4 is 5.32 Å². The zero-order valence-electron chi connectivity index (χ0n) is 9.18. The minimum absolute atomic E-state index is 0.511. The Morgan fingerprint density at radius 2 is 2.23 bits per heavy atom. The molecule has 1 saturated heterocycles. The molecule has 1 N–H and O–H groups in total. The first kappa shape index (κ1) is 11.0. The van der Waals surface area contributed by atoms with Crippen molar-refractivity contribution in [3.63, 3.8) is 0 Å². The number of ether oxygens (including phenoxy) is 1. The zero-order chi connectivity index (χ0) is 9.68. The van der Waals surface area contributed by atoms with Crippen LogP contribution >= 0.6 is 0 Å². The second-order valence-corrected chi connectivity index (χ2v) is 4.08. The van der Waals surface area contributed by atoms with Crippen LogP contribution in [0.4, 0.5) is 0 Å². The molecule has 0 aromatic heterocycles. The van der Waals surface area contributed by atoms with E-state index < -0.39 is 0 Å². The molecule has 3 atom stereocenters. The first-order valence-corrected chi connectivity index (χ1v) is 5.62. The number of rotatable bonds is 5. The zero-order valence-corrected chi connectivity index (χ0v) is 9.18. The van der Waals surface area contributed by atoms with Crippen molar-refractivity contribution in [2.75, 3.05) is 13.2 Å². The predicted octanol–water partition coefficient (Wildman–Crippen LogP) is 2.19. The highest BCUT2D eigenvalue weighted by Gasteiger charge is 2.26. The van der Waals surface area contributed by atoms with E-state index in [1.54, 1.807) is 0 Å². The van der Waals surface area contributed by atoms with Crippen LogP contribution in [0.5, 0.6) is 0 Å². The molecule has 1 heterocycles. The van der Waals surface area contributed by atoms with E-state index in [4.69, 9.17) is 4.74 Å². The van der Waals surface area contributed by atoms with Crippen molar-refractivity contribution < 1.29 is 4.74 Å². The molecule has 78 valence electrons. The quantitative estimate of drug-likeness (QED) is 0.709. The summed E-state index contributed by atoms with van der Waals surface area (Å²) in [4.78, 5) is 0. The Morgan fingerprint density at radius 1 is 1.46 bits per heavy atom. The molecule has 13 heavy (non-hydrogen) atoms. The smallest absolute Gasteiger partial charge is 0.0613 e. The molecule has 0 saturated carbocycles. The first-order valence-electron chi connectivity index (χ1n) is 5.62. The summed E-state index contributed by atoms with van der Waals surface area (Å²) in [5.41, 5.74) is 0. The van der Waals surface area contributed by atoms with Crippen molar-refractivity contribution in [1.29, 1.82) is 0 Å². The lowest BCUT2D eigenvalue weighted by Gasteiger charge is -2.19. The van der Waals surface area contributed by atoms with Gasteiger partial charge in [0, 0.05) is 19.2 Å². The van der Waals surface area contributed by atoms with Crippen LogP contribution in [0.1, 0.15) is 40.0 Å². The molecule has 0 aromatic carbocycles. The largest absolute Gasteiger partial charge is 0.378 e. The van der Waals surface area contributed by atoms with E-state index >= 15 is 0 Å². The van der Waals surface area contributed by atoms with E-state index in [1.807, 2.05) is 0 Å². The highest BCUT2D eigenvalue weighted by molar-refractivity contribution is 4.77. The lowest BCUT2D eigenvalue weighted by atomic mass is 9.99. The van der Waals surface area contributed by atoms with Gasteiger partial charge in [0.1, 0.15) is 0 Å². The number of hydrogen-bond donors (Lipinski definition) is 1. The van der Waals surface area contributed by atoms with E-state index in [9.17, 15) is 0 Å². The van der Waals surface area contributed by atoms with Gasteiger partial charge < -0.3 is 10.1 Å². The maximum Gasteiger partial charge on any atom is 0.0613 e. The lowest BCUT2D eigenvalue weighted by Crippen LogP contribution is -2.33. The standard InChI is InChI=1S/C11H23NO/c1-4-9(3)12-8-10-6-7-13-11(10)5-2/h9-12H,4-8H2,1-3H3. The SMILES string of the molecule is CCC(C)NCC1CCOC1CC. The Balaban J connectivity index is 2.19. The maximum atomic E-state index is 5.64. The van der Waals surface area contributed by atoms with Gasteiger partial charge in [-0.15, -0.1) is 0 Å². The van der Waals surface area contributed by atoms with Crippen molar-refractivity contribution in [2.24, 2.45) is 5.92 Å². The van der Waals surface area contributed by atoms with Crippen molar-refractivity contribution in [3.05, 3.63) is 0 Å². The summed E-state index contributed by atoms with van der Waals surface area (Å²) in [7, 11) is 0. The second kappa shape index (κ2) is 5.61. The van der Waals surface area contributed by atoms with Crippen molar-refractivity contribution >= 4 is 0 Å². The molecular formula is C11H23NO. The molecule has 1 fully saturated rings. The minimum atomic E-state index is 0.511. The normalized spacial score (nSPS) is 30.7. The first-order chi connectivity index (χ1) is 6.27. The fourth-order valence-corrected chi connectivity index (χ4v) is 1.87. The van der Waals surface area contributed by atoms with Crippen LogP contribution in [0, 0.1) is 5.92 Å². The molecule has 1 rings (SSSR count). The van der Waals surface area contributed by atoms with Crippen LogP contribution in [-0.2, 0) is 4.74 Å². The molecule has 0 bridgehead atoms. The summed E-state index contributed by atoms with van der Waals surface area (Å²) < 4.78 is 5.64. The van der Waals surface area contributed by atoms with E-state index in [0.717, 1.165) is 25.5 Å². The molecular weight excluding hydrogens is 162 g/mol. The van der Waals surface area contributed by atoms with Gasteiger partial charge in [-0.1, -0.05) is 13.8 Å². The fourth-order valence-electron chi connectivity index (χ4n) is 1.87. The minimum Gasteiger partial charge on any atom is -0.378 e. The fraction of sp³-hybridized carbons (Fsp3) is 1.00. The summed E-state index contributed by atoms with van der Waals surface area (Å²) in [6.07, 6.45) is 4.12. The Bertz CT molecular complexity index is 138. The van der Waals surface area contributed by atoms with E-state index in [1.165, 1.54) is 12.8 Å². The second-order valence-electron chi connectivity index (χ2n) is 4.08. The van der Waals surface area contributed by atoms with E-state index in [2.05, 4.69) is 26.1 Å². The van der Waals surface area contributed by atoms with Crippen LogP contribution in [0.15, 0.2) is 0 Å². The van der Waals surface area contributed by atoms with Gasteiger partial charge in [0.25, 0.3) is 0 Å². The van der Waals surface area contributed by atoms with Gasteiger partial charge in [0.15, 0.2) is 0 Å². The van der Waals surface area contributed by atoms with Gasteiger partial charge in [-0.3, -0.25) is 0 Å². The van der Waals surface area contributed by atoms with Crippen molar-refractivity contribution in [3.8, 4) is 0 Å². The van der Waals surface area contributed by atoms with Gasteiger partial charge in [0.2, 0.25) is 0 Å². The third-order valence-electron chi connectivity index (χ3n) is 3.09. The highest BCUT2D eigenvalue weighted by atomic mass is 16.5. The molecule has 3 unspecified atom stereocenters. The van der Waals surface area contributed by atoms with Crippen molar-refractivity contribution in [1.82, 2.24) is 5.32 Å². The van der Waals surface area contributed by atoms with Gasteiger partial charge in [0.05, 0.1) is 6.10 Å². The Labute approximate surface area is 82.0 Å². The molecule has 0 aromatic rings. The van der Waals surface area contributed by atoms with Crippen LogP contribution in [0.3, 0.4) is 0 Å². The van der Waals surface area contributed by atoms with Gasteiger partial charge >= 0.3 is 0 Å². The Hall–Kier alpha value is -0.0800. The summed E-state index contributed by atoms with van der Waals surface area (Å²) in [5, 5.41) is 3.56. The average molecular weight is 185 g/mol. The summed E-state index contributed by atoms with van der Waals surface area (Å²) in [5.74, 6) is 0.749. The molecule has 0 aliphatic carbocycles. The molecule has 1 aliphatic heterocycles. The monoisotopic (exact) mass is 185 g/mol. The molecule has 1 aliphatic rings. The van der Waals surface area contributed by atoms with Crippen molar-refractivity contribution in [2.45, 2.75) is 52.2 Å². The average Bonchev–Trinajstić information content (AvgIpc) is 2.61. The molecule has 0 radical (unpaired) electrons.